The Labute approximate surface area is 188 Å². The molecule has 0 spiro atoms. The lowest BCUT2D eigenvalue weighted by molar-refractivity contribution is -0.134. The van der Waals surface area contributed by atoms with Crippen molar-refractivity contribution >= 4 is 29.8 Å². The number of carbonyl (C=O) groups is 2. The molecule has 0 bridgehead atoms. The van der Waals surface area contributed by atoms with E-state index in [1.165, 1.54) is 12.0 Å². The van der Waals surface area contributed by atoms with Crippen molar-refractivity contribution in [2.75, 3.05) is 25.4 Å². The summed E-state index contributed by atoms with van der Waals surface area (Å²) in [4.78, 5) is 27.1. The average Bonchev–Trinajstić information content (AvgIpc) is 2.80. The molecule has 0 unspecified atom stereocenters. The van der Waals surface area contributed by atoms with E-state index in [4.69, 9.17) is 4.74 Å². The van der Waals surface area contributed by atoms with E-state index in [0.29, 0.717) is 17.9 Å². The molecule has 1 heterocycles. The van der Waals surface area contributed by atoms with Crippen LogP contribution in [0.1, 0.15) is 36.8 Å². The van der Waals surface area contributed by atoms with Crippen LogP contribution in [0.2, 0.25) is 0 Å². The molecule has 164 valence electrons. The van der Waals surface area contributed by atoms with Gasteiger partial charge in [0.1, 0.15) is 5.75 Å². The van der Waals surface area contributed by atoms with Crippen molar-refractivity contribution < 1.29 is 14.3 Å². The first-order chi connectivity index (χ1) is 15.1. The average molecular weight is 440 g/mol. The SMILES string of the molecule is Cc1ccc(SCCC(=O)N/N=C\c2ccc(OCC(=O)N3CCCCC3)cc2)cc1. The molecule has 1 fully saturated rings. The lowest BCUT2D eigenvalue weighted by atomic mass is 10.1. The largest absolute Gasteiger partial charge is 0.484 e. The van der Waals surface area contributed by atoms with Gasteiger partial charge in [-0.05, 0) is 68.1 Å². The predicted octanol–water partition coefficient (Wildman–Crippen LogP) is 4.02. The van der Waals surface area contributed by atoms with Gasteiger partial charge in [-0.1, -0.05) is 17.7 Å². The van der Waals surface area contributed by atoms with Gasteiger partial charge in [0, 0.05) is 30.2 Å². The van der Waals surface area contributed by atoms with E-state index >= 15 is 0 Å². The Morgan fingerprint density at radius 1 is 1.06 bits per heavy atom. The molecule has 0 atom stereocenters. The van der Waals surface area contributed by atoms with Crippen LogP contribution in [-0.2, 0) is 9.59 Å². The highest BCUT2D eigenvalue weighted by atomic mass is 32.2. The van der Waals surface area contributed by atoms with Crippen LogP contribution in [0, 0.1) is 6.92 Å². The molecule has 1 saturated heterocycles. The molecule has 1 aliphatic rings. The highest BCUT2D eigenvalue weighted by Crippen LogP contribution is 2.19. The zero-order valence-corrected chi connectivity index (χ0v) is 18.7. The number of carbonyl (C=O) groups excluding carboxylic acids is 2. The van der Waals surface area contributed by atoms with Gasteiger partial charge in [0.05, 0.1) is 6.21 Å². The molecule has 7 heteroatoms. The van der Waals surface area contributed by atoms with Gasteiger partial charge in [-0.3, -0.25) is 9.59 Å². The number of thioether (sulfide) groups is 1. The maximum atomic E-state index is 12.2. The first kappa shape index (κ1) is 22.9. The molecule has 0 radical (unpaired) electrons. The molecule has 2 aromatic rings. The molecule has 1 aliphatic heterocycles. The Balaban J connectivity index is 1.34. The van der Waals surface area contributed by atoms with Crippen LogP contribution < -0.4 is 10.2 Å². The van der Waals surface area contributed by atoms with Crippen molar-refractivity contribution in [1.82, 2.24) is 10.3 Å². The van der Waals surface area contributed by atoms with Gasteiger partial charge in [0.2, 0.25) is 5.91 Å². The number of nitrogens with zero attached hydrogens (tertiary/aromatic N) is 2. The number of rotatable bonds is 9. The summed E-state index contributed by atoms with van der Waals surface area (Å²) in [6.07, 6.45) is 5.33. The minimum absolute atomic E-state index is 0.0357. The molecular weight excluding hydrogens is 410 g/mol. The highest BCUT2D eigenvalue weighted by molar-refractivity contribution is 7.99. The third-order valence-electron chi connectivity index (χ3n) is 4.97. The van der Waals surface area contributed by atoms with Crippen molar-refractivity contribution in [1.29, 1.82) is 0 Å². The highest BCUT2D eigenvalue weighted by Gasteiger charge is 2.16. The number of ether oxygens (including phenoxy) is 1. The normalized spacial score (nSPS) is 13.9. The van der Waals surface area contributed by atoms with Gasteiger partial charge in [-0.2, -0.15) is 5.10 Å². The number of nitrogens with one attached hydrogen (secondary N) is 1. The minimum atomic E-state index is -0.118. The van der Waals surface area contributed by atoms with Crippen LogP contribution >= 0.6 is 11.8 Å². The number of hydrogen-bond acceptors (Lipinski definition) is 5. The molecule has 2 amide bonds. The zero-order valence-electron chi connectivity index (χ0n) is 17.9. The molecule has 2 aromatic carbocycles. The second kappa shape index (κ2) is 12.2. The summed E-state index contributed by atoms with van der Waals surface area (Å²) < 4.78 is 5.60. The van der Waals surface area contributed by atoms with Crippen LogP contribution in [0.25, 0.3) is 0 Å². The number of hydrazone groups is 1. The van der Waals surface area contributed by atoms with Gasteiger partial charge in [0.15, 0.2) is 6.61 Å². The van der Waals surface area contributed by atoms with E-state index in [-0.39, 0.29) is 18.4 Å². The third kappa shape index (κ3) is 8.09. The lowest BCUT2D eigenvalue weighted by Gasteiger charge is -2.26. The van der Waals surface area contributed by atoms with Crippen LogP contribution in [0.3, 0.4) is 0 Å². The summed E-state index contributed by atoms with van der Waals surface area (Å²) in [6.45, 7) is 3.77. The quantitative estimate of drug-likeness (QED) is 0.364. The van der Waals surface area contributed by atoms with E-state index in [2.05, 4.69) is 41.7 Å². The number of hydrogen-bond donors (Lipinski definition) is 1. The van der Waals surface area contributed by atoms with Crippen LogP contribution in [0.15, 0.2) is 58.5 Å². The van der Waals surface area contributed by atoms with Crippen molar-refractivity contribution in [3.8, 4) is 5.75 Å². The topological polar surface area (TPSA) is 71.0 Å². The van der Waals surface area contributed by atoms with E-state index in [0.717, 1.165) is 36.4 Å². The van der Waals surface area contributed by atoms with Gasteiger partial charge >= 0.3 is 0 Å². The molecule has 6 nitrogen and oxygen atoms in total. The van der Waals surface area contributed by atoms with Gasteiger partial charge < -0.3 is 9.64 Å². The summed E-state index contributed by atoms with van der Waals surface area (Å²) in [6, 6.07) is 15.5. The summed E-state index contributed by atoms with van der Waals surface area (Å²) in [5.41, 5.74) is 4.61. The Kier molecular flexibility index (Phi) is 8.97. The van der Waals surface area contributed by atoms with E-state index in [1.807, 2.05) is 17.0 Å². The maximum Gasteiger partial charge on any atom is 0.260 e. The minimum Gasteiger partial charge on any atom is -0.484 e. The maximum absolute atomic E-state index is 12.2. The zero-order chi connectivity index (χ0) is 21.9. The standard InChI is InChI=1S/C24H29N3O3S/c1-19-5-11-22(12-6-19)31-16-13-23(28)26-25-17-20-7-9-21(10-8-20)30-18-24(29)27-14-3-2-4-15-27/h5-12,17H,2-4,13-16,18H2,1H3,(H,26,28)/b25-17-. The number of aryl methyl sites for hydroxylation is 1. The Bertz CT molecular complexity index is 876. The second-order valence-electron chi connectivity index (χ2n) is 7.50. The van der Waals surface area contributed by atoms with Gasteiger partial charge in [0.25, 0.3) is 5.91 Å². The smallest absolute Gasteiger partial charge is 0.260 e. The second-order valence-corrected chi connectivity index (χ2v) is 8.67. The lowest BCUT2D eigenvalue weighted by Crippen LogP contribution is -2.38. The fraction of sp³-hybridized carbons (Fsp3) is 0.375. The number of likely N-dealkylation sites (tertiary alicyclic amines) is 1. The molecule has 1 N–H and O–H groups in total. The van der Waals surface area contributed by atoms with Crippen LogP contribution in [0.4, 0.5) is 0 Å². The first-order valence-electron chi connectivity index (χ1n) is 10.6. The number of amides is 2. The number of piperidine rings is 1. The Morgan fingerprint density at radius 3 is 2.48 bits per heavy atom. The van der Waals surface area contributed by atoms with E-state index in [9.17, 15) is 9.59 Å². The van der Waals surface area contributed by atoms with Crippen molar-refractivity contribution in [2.24, 2.45) is 5.10 Å². The molecule has 0 aromatic heterocycles. The molecule has 0 saturated carbocycles. The van der Waals surface area contributed by atoms with Crippen molar-refractivity contribution in [2.45, 2.75) is 37.5 Å². The van der Waals surface area contributed by atoms with E-state index in [1.54, 1.807) is 30.1 Å². The monoisotopic (exact) mass is 439 g/mol. The molecular formula is C24H29N3O3S. The molecule has 3 rings (SSSR count). The van der Waals surface area contributed by atoms with Gasteiger partial charge in [-0.15, -0.1) is 11.8 Å². The molecule has 0 aliphatic carbocycles. The Hall–Kier alpha value is -2.80. The Morgan fingerprint density at radius 2 is 1.77 bits per heavy atom. The summed E-state index contributed by atoms with van der Waals surface area (Å²) in [7, 11) is 0. The third-order valence-corrected chi connectivity index (χ3v) is 5.99. The van der Waals surface area contributed by atoms with Crippen molar-refractivity contribution in [3.63, 3.8) is 0 Å². The van der Waals surface area contributed by atoms with Crippen LogP contribution in [-0.4, -0.2) is 48.4 Å². The predicted molar refractivity (Wildman–Crippen MR) is 125 cm³/mol. The first-order valence-corrected chi connectivity index (χ1v) is 11.6. The van der Waals surface area contributed by atoms with Crippen LogP contribution in [0.5, 0.6) is 5.75 Å². The fourth-order valence-electron chi connectivity index (χ4n) is 3.16. The molecule has 31 heavy (non-hydrogen) atoms. The van der Waals surface area contributed by atoms with E-state index < -0.39 is 0 Å². The fourth-order valence-corrected chi connectivity index (χ4v) is 4.01. The summed E-state index contributed by atoms with van der Waals surface area (Å²) in [5.74, 6) is 1.26. The number of benzene rings is 2. The van der Waals surface area contributed by atoms with Gasteiger partial charge in [-0.25, -0.2) is 5.43 Å². The summed E-state index contributed by atoms with van der Waals surface area (Å²) in [5, 5.41) is 4.01. The summed E-state index contributed by atoms with van der Waals surface area (Å²) >= 11 is 1.65. The van der Waals surface area contributed by atoms with Crippen molar-refractivity contribution in [3.05, 3.63) is 59.7 Å².